The van der Waals surface area contributed by atoms with Crippen molar-refractivity contribution in [3.63, 3.8) is 0 Å². The summed E-state index contributed by atoms with van der Waals surface area (Å²) in [5.41, 5.74) is 1.08. The first kappa shape index (κ1) is 7.42. The molecule has 0 unspecified atom stereocenters. The van der Waals surface area contributed by atoms with E-state index in [0.717, 1.165) is 10.5 Å². The number of nitrogens with zero attached hydrogens (tertiary/aromatic N) is 2. The Morgan fingerprint density at radius 2 is 2.36 bits per heavy atom. The molecule has 0 N–H and O–H groups in total. The SMILES string of the molecule is Cc1nsc2ncc(I)cc12. The molecule has 0 atom stereocenters. The Hall–Kier alpha value is -0.230. The summed E-state index contributed by atoms with van der Waals surface area (Å²) in [6.45, 7) is 2.01. The maximum Gasteiger partial charge on any atom is 0.143 e. The van der Waals surface area contributed by atoms with Crippen molar-refractivity contribution in [3.8, 4) is 0 Å². The van der Waals surface area contributed by atoms with Crippen molar-refractivity contribution in [2.75, 3.05) is 0 Å². The van der Waals surface area contributed by atoms with Gasteiger partial charge in [0.2, 0.25) is 0 Å². The Morgan fingerprint density at radius 3 is 3.18 bits per heavy atom. The number of hydrogen-bond donors (Lipinski definition) is 0. The maximum atomic E-state index is 4.25. The predicted octanol–water partition coefficient (Wildman–Crippen LogP) is 2.60. The maximum absolute atomic E-state index is 4.25. The van der Waals surface area contributed by atoms with Gasteiger partial charge in [0.25, 0.3) is 0 Å². The van der Waals surface area contributed by atoms with E-state index in [1.54, 1.807) is 0 Å². The van der Waals surface area contributed by atoms with Crippen LogP contribution in [0.5, 0.6) is 0 Å². The Labute approximate surface area is 82.0 Å². The lowest BCUT2D eigenvalue weighted by atomic mass is 10.3. The molecule has 0 amide bonds. The summed E-state index contributed by atoms with van der Waals surface area (Å²) in [6.07, 6.45) is 1.86. The molecule has 2 heterocycles. The first-order chi connectivity index (χ1) is 5.27. The van der Waals surface area contributed by atoms with E-state index in [-0.39, 0.29) is 0 Å². The number of pyridine rings is 1. The highest BCUT2D eigenvalue weighted by Gasteiger charge is 2.01. The fourth-order valence-electron chi connectivity index (χ4n) is 0.920. The van der Waals surface area contributed by atoms with Gasteiger partial charge in [0.15, 0.2) is 0 Å². The summed E-state index contributed by atoms with van der Waals surface area (Å²) in [5.74, 6) is 0. The second-order valence-electron chi connectivity index (χ2n) is 2.27. The molecule has 0 aliphatic heterocycles. The van der Waals surface area contributed by atoms with Gasteiger partial charge in [-0.15, -0.1) is 0 Å². The summed E-state index contributed by atoms with van der Waals surface area (Å²) in [5, 5.41) is 1.18. The van der Waals surface area contributed by atoms with Crippen molar-refractivity contribution in [2.45, 2.75) is 6.92 Å². The molecule has 2 rings (SSSR count). The van der Waals surface area contributed by atoms with E-state index >= 15 is 0 Å². The quantitative estimate of drug-likeness (QED) is 0.691. The van der Waals surface area contributed by atoms with Crippen molar-refractivity contribution in [1.82, 2.24) is 9.36 Å². The van der Waals surface area contributed by atoms with Crippen LogP contribution in [0.1, 0.15) is 5.69 Å². The van der Waals surface area contributed by atoms with Crippen molar-refractivity contribution in [1.29, 1.82) is 0 Å². The molecule has 2 aromatic rings. The molecule has 11 heavy (non-hydrogen) atoms. The van der Waals surface area contributed by atoms with Crippen LogP contribution in [0, 0.1) is 10.5 Å². The molecule has 0 aliphatic carbocycles. The lowest BCUT2D eigenvalue weighted by Crippen LogP contribution is -1.76. The van der Waals surface area contributed by atoms with E-state index in [4.69, 9.17) is 0 Å². The molecule has 0 fully saturated rings. The van der Waals surface area contributed by atoms with Gasteiger partial charge in [0.05, 0.1) is 5.69 Å². The standard InChI is InChI=1S/C7H5IN2S/c1-4-6-2-5(8)3-9-7(6)11-10-4/h2-3H,1H3. The Morgan fingerprint density at radius 1 is 1.55 bits per heavy atom. The average Bonchev–Trinajstić information content (AvgIpc) is 2.33. The zero-order valence-electron chi connectivity index (χ0n) is 5.84. The normalized spacial score (nSPS) is 10.7. The van der Waals surface area contributed by atoms with Crippen LogP contribution >= 0.6 is 34.1 Å². The van der Waals surface area contributed by atoms with Gasteiger partial charge < -0.3 is 0 Å². The van der Waals surface area contributed by atoms with Crippen molar-refractivity contribution in [3.05, 3.63) is 21.5 Å². The molecular weight excluding hydrogens is 271 g/mol. The van der Waals surface area contributed by atoms with Crippen molar-refractivity contribution < 1.29 is 0 Å². The van der Waals surface area contributed by atoms with Crippen LogP contribution in [0.15, 0.2) is 12.3 Å². The lowest BCUT2D eigenvalue weighted by molar-refractivity contribution is 1.36. The highest BCUT2D eigenvalue weighted by atomic mass is 127. The van der Waals surface area contributed by atoms with Crippen LogP contribution in [0.4, 0.5) is 0 Å². The van der Waals surface area contributed by atoms with Crippen LogP contribution in [0.3, 0.4) is 0 Å². The Kier molecular flexibility index (Phi) is 1.80. The molecule has 2 nitrogen and oxygen atoms in total. The van der Waals surface area contributed by atoms with Gasteiger partial charge in [-0.2, -0.15) is 4.37 Å². The van der Waals surface area contributed by atoms with Gasteiger partial charge in [-0.1, -0.05) is 0 Å². The summed E-state index contributed by atoms with van der Waals surface area (Å²) >= 11 is 3.71. The largest absolute Gasteiger partial charge is 0.243 e. The fraction of sp³-hybridized carbons (Fsp3) is 0.143. The van der Waals surface area contributed by atoms with Crippen molar-refractivity contribution in [2.24, 2.45) is 0 Å². The molecule has 56 valence electrons. The third-order valence-corrected chi connectivity index (χ3v) is 2.93. The van der Waals surface area contributed by atoms with Gasteiger partial charge >= 0.3 is 0 Å². The number of rotatable bonds is 0. The van der Waals surface area contributed by atoms with E-state index in [2.05, 4.69) is 38.0 Å². The van der Waals surface area contributed by atoms with E-state index in [1.165, 1.54) is 20.5 Å². The zero-order chi connectivity index (χ0) is 7.84. The first-order valence-electron chi connectivity index (χ1n) is 3.15. The molecule has 0 radical (unpaired) electrons. The Bertz CT molecular complexity index is 396. The molecular formula is C7H5IN2S. The van der Waals surface area contributed by atoms with Gasteiger partial charge in [-0.3, -0.25) is 0 Å². The smallest absolute Gasteiger partial charge is 0.143 e. The molecule has 0 aliphatic rings. The highest BCUT2D eigenvalue weighted by Crippen LogP contribution is 2.21. The topological polar surface area (TPSA) is 25.8 Å². The highest BCUT2D eigenvalue weighted by molar-refractivity contribution is 14.1. The molecule has 2 aromatic heterocycles. The predicted molar refractivity (Wildman–Crippen MR) is 54.9 cm³/mol. The van der Waals surface area contributed by atoms with E-state index in [1.807, 2.05) is 13.1 Å². The van der Waals surface area contributed by atoms with E-state index < -0.39 is 0 Å². The number of halogens is 1. The number of aryl methyl sites for hydroxylation is 1. The summed E-state index contributed by atoms with van der Waals surface area (Å²) < 4.78 is 5.38. The lowest BCUT2D eigenvalue weighted by Gasteiger charge is -1.89. The van der Waals surface area contributed by atoms with E-state index in [9.17, 15) is 0 Å². The molecule has 0 bridgehead atoms. The van der Waals surface area contributed by atoms with Crippen LogP contribution in [0.25, 0.3) is 10.2 Å². The molecule has 0 spiro atoms. The third-order valence-electron chi connectivity index (χ3n) is 1.48. The van der Waals surface area contributed by atoms with Gasteiger partial charge in [0, 0.05) is 15.2 Å². The number of aromatic nitrogens is 2. The van der Waals surface area contributed by atoms with Crippen LogP contribution in [0.2, 0.25) is 0 Å². The molecule has 0 aromatic carbocycles. The minimum atomic E-state index is 1.03. The minimum absolute atomic E-state index is 1.03. The van der Waals surface area contributed by atoms with Crippen LogP contribution in [-0.4, -0.2) is 9.36 Å². The fourth-order valence-corrected chi connectivity index (χ4v) is 2.10. The van der Waals surface area contributed by atoms with E-state index in [0.29, 0.717) is 0 Å². The van der Waals surface area contributed by atoms with Crippen LogP contribution in [-0.2, 0) is 0 Å². The van der Waals surface area contributed by atoms with Crippen LogP contribution < -0.4 is 0 Å². The molecule has 0 saturated heterocycles. The van der Waals surface area contributed by atoms with Crippen molar-refractivity contribution >= 4 is 44.3 Å². The third kappa shape index (κ3) is 1.24. The van der Waals surface area contributed by atoms with Gasteiger partial charge in [-0.05, 0) is 47.1 Å². The second kappa shape index (κ2) is 2.67. The number of fused-ring (bicyclic) bond motifs is 1. The molecule has 4 heteroatoms. The Balaban J connectivity index is 2.87. The minimum Gasteiger partial charge on any atom is -0.243 e. The second-order valence-corrected chi connectivity index (χ2v) is 4.27. The van der Waals surface area contributed by atoms with Gasteiger partial charge in [0.1, 0.15) is 4.83 Å². The average molecular weight is 276 g/mol. The first-order valence-corrected chi connectivity index (χ1v) is 5.00. The monoisotopic (exact) mass is 276 g/mol. The summed E-state index contributed by atoms with van der Waals surface area (Å²) in [4.78, 5) is 5.28. The zero-order valence-corrected chi connectivity index (χ0v) is 8.81. The molecule has 0 saturated carbocycles. The summed E-state index contributed by atoms with van der Waals surface area (Å²) in [6, 6.07) is 2.11. The summed E-state index contributed by atoms with van der Waals surface area (Å²) in [7, 11) is 0. The van der Waals surface area contributed by atoms with Gasteiger partial charge in [-0.25, -0.2) is 4.98 Å². The number of hydrogen-bond acceptors (Lipinski definition) is 3.